The first kappa shape index (κ1) is 14.5. The Morgan fingerprint density at radius 2 is 2.00 bits per heavy atom. The number of ether oxygens (including phenoxy) is 1. The molecule has 0 fully saturated rings. The Hall–Kier alpha value is -2.46. The van der Waals surface area contributed by atoms with Crippen molar-refractivity contribution in [3.05, 3.63) is 59.2 Å². The van der Waals surface area contributed by atoms with Crippen LogP contribution in [0.15, 0.2) is 48.7 Å². The quantitative estimate of drug-likeness (QED) is 0.791. The zero-order chi connectivity index (χ0) is 15.7. The van der Waals surface area contributed by atoms with E-state index in [0.717, 1.165) is 10.9 Å². The van der Waals surface area contributed by atoms with Gasteiger partial charge in [-0.15, -0.1) is 0 Å². The Labute approximate surface area is 133 Å². The van der Waals surface area contributed by atoms with Crippen LogP contribution in [0.3, 0.4) is 0 Å². The average molecular weight is 315 g/mol. The Morgan fingerprint density at radius 3 is 2.77 bits per heavy atom. The van der Waals surface area contributed by atoms with Crippen molar-refractivity contribution in [3.63, 3.8) is 0 Å². The van der Waals surface area contributed by atoms with Gasteiger partial charge in [-0.25, -0.2) is 0 Å². The fourth-order valence-corrected chi connectivity index (χ4v) is 2.66. The molecule has 22 heavy (non-hydrogen) atoms. The summed E-state index contributed by atoms with van der Waals surface area (Å²) < 4.78 is 7.18. The largest absolute Gasteiger partial charge is 0.495 e. The normalized spacial score (nSPS) is 10.7. The highest BCUT2D eigenvalue weighted by molar-refractivity contribution is 6.31. The first-order valence-corrected chi connectivity index (χ1v) is 7.17. The molecule has 0 saturated heterocycles. The van der Waals surface area contributed by atoms with Crippen LogP contribution < -0.4 is 10.1 Å². The second-order valence-corrected chi connectivity index (χ2v) is 5.41. The first-order chi connectivity index (χ1) is 10.6. The third-order valence-electron chi connectivity index (χ3n) is 3.55. The molecule has 0 aliphatic heterocycles. The molecule has 2 aromatic carbocycles. The van der Waals surface area contributed by atoms with E-state index in [0.29, 0.717) is 22.0 Å². The topological polar surface area (TPSA) is 43.3 Å². The number of fused-ring (bicyclic) bond motifs is 1. The molecular formula is C17H15ClN2O2. The summed E-state index contributed by atoms with van der Waals surface area (Å²) in [5.41, 5.74) is 2.17. The lowest BCUT2D eigenvalue weighted by Gasteiger charge is -2.10. The number of carbonyl (C=O) groups is 1. The van der Waals surface area contributed by atoms with Gasteiger partial charge in [-0.2, -0.15) is 0 Å². The predicted molar refractivity (Wildman–Crippen MR) is 88.9 cm³/mol. The molecular weight excluding hydrogens is 300 g/mol. The minimum Gasteiger partial charge on any atom is -0.495 e. The van der Waals surface area contributed by atoms with Crippen molar-refractivity contribution < 1.29 is 9.53 Å². The van der Waals surface area contributed by atoms with Gasteiger partial charge in [-0.05, 0) is 24.3 Å². The summed E-state index contributed by atoms with van der Waals surface area (Å²) in [6.45, 7) is 0. The van der Waals surface area contributed by atoms with Crippen LogP contribution in [0, 0.1) is 0 Å². The summed E-state index contributed by atoms with van der Waals surface area (Å²) in [5, 5.41) is 4.30. The third-order valence-corrected chi connectivity index (χ3v) is 3.79. The van der Waals surface area contributed by atoms with Gasteiger partial charge in [0.25, 0.3) is 5.91 Å². The van der Waals surface area contributed by atoms with Crippen LogP contribution in [-0.2, 0) is 7.05 Å². The zero-order valence-corrected chi connectivity index (χ0v) is 13.0. The molecule has 112 valence electrons. The number of anilines is 1. The Kier molecular flexibility index (Phi) is 3.77. The number of hydrogen-bond donors (Lipinski definition) is 1. The van der Waals surface area contributed by atoms with Crippen molar-refractivity contribution >= 4 is 34.1 Å². The monoisotopic (exact) mass is 314 g/mol. The number of benzene rings is 2. The Balaban J connectivity index is 1.99. The lowest BCUT2D eigenvalue weighted by Crippen LogP contribution is -2.12. The fraction of sp³-hybridized carbons (Fsp3) is 0.118. The molecule has 0 bridgehead atoms. The number of amides is 1. The van der Waals surface area contributed by atoms with Crippen LogP contribution >= 0.6 is 11.6 Å². The highest BCUT2D eigenvalue weighted by atomic mass is 35.5. The summed E-state index contributed by atoms with van der Waals surface area (Å²) in [6, 6.07) is 12.9. The van der Waals surface area contributed by atoms with Crippen LogP contribution in [-0.4, -0.2) is 17.6 Å². The number of nitrogens with one attached hydrogen (secondary N) is 1. The molecule has 4 nitrogen and oxygen atoms in total. The van der Waals surface area contributed by atoms with Gasteiger partial charge < -0.3 is 14.6 Å². The van der Waals surface area contributed by atoms with Gasteiger partial charge in [-0.3, -0.25) is 4.79 Å². The van der Waals surface area contributed by atoms with E-state index in [-0.39, 0.29) is 5.91 Å². The summed E-state index contributed by atoms with van der Waals surface area (Å²) in [6.07, 6.45) is 1.82. The van der Waals surface area contributed by atoms with Crippen molar-refractivity contribution in [2.45, 2.75) is 0 Å². The summed E-state index contributed by atoms with van der Waals surface area (Å²) >= 11 is 5.99. The number of nitrogens with zero attached hydrogens (tertiary/aromatic N) is 1. The summed E-state index contributed by atoms with van der Waals surface area (Å²) in [7, 11) is 3.47. The first-order valence-electron chi connectivity index (χ1n) is 6.79. The van der Waals surface area contributed by atoms with E-state index in [2.05, 4.69) is 5.32 Å². The van der Waals surface area contributed by atoms with E-state index in [9.17, 15) is 4.79 Å². The molecule has 0 radical (unpaired) electrons. The molecule has 1 heterocycles. The van der Waals surface area contributed by atoms with Crippen molar-refractivity contribution in [1.29, 1.82) is 0 Å². The number of halogens is 1. The molecule has 3 aromatic rings. The van der Waals surface area contributed by atoms with Gasteiger partial charge in [0.2, 0.25) is 0 Å². The molecule has 5 heteroatoms. The second kappa shape index (κ2) is 5.73. The highest BCUT2D eigenvalue weighted by Crippen LogP contribution is 2.29. The minimum absolute atomic E-state index is 0.197. The van der Waals surface area contributed by atoms with Crippen LogP contribution in [0.5, 0.6) is 5.75 Å². The van der Waals surface area contributed by atoms with Crippen LogP contribution in [0.1, 0.15) is 10.4 Å². The molecule has 0 saturated carbocycles. The number of carbonyl (C=O) groups excluding carboxylic acids is 1. The molecule has 0 atom stereocenters. The standard InChI is InChI=1S/C17H15ClN2O2/c1-20-10-13(12-5-3-4-6-15(12)20)17(21)19-14-9-11(18)7-8-16(14)22-2/h3-10H,1-2H3,(H,19,21). The van der Waals surface area contributed by atoms with Gasteiger partial charge in [0, 0.05) is 29.2 Å². The van der Waals surface area contributed by atoms with E-state index < -0.39 is 0 Å². The lowest BCUT2D eigenvalue weighted by atomic mass is 10.1. The van der Waals surface area contributed by atoms with E-state index in [4.69, 9.17) is 16.3 Å². The van der Waals surface area contributed by atoms with Crippen molar-refractivity contribution in [2.24, 2.45) is 7.05 Å². The van der Waals surface area contributed by atoms with Crippen LogP contribution in [0.25, 0.3) is 10.9 Å². The molecule has 3 rings (SSSR count). The number of para-hydroxylation sites is 1. The van der Waals surface area contributed by atoms with E-state index in [1.807, 2.05) is 42.1 Å². The maximum atomic E-state index is 12.6. The van der Waals surface area contributed by atoms with Crippen LogP contribution in [0.4, 0.5) is 5.69 Å². The van der Waals surface area contributed by atoms with Gasteiger partial charge in [0.15, 0.2) is 0 Å². The van der Waals surface area contributed by atoms with E-state index in [1.54, 1.807) is 25.3 Å². The number of aromatic nitrogens is 1. The highest BCUT2D eigenvalue weighted by Gasteiger charge is 2.15. The Morgan fingerprint density at radius 1 is 1.23 bits per heavy atom. The zero-order valence-electron chi connectivity index (χ0n) is 12.3. The second-order valence-electron chi connectivity index (χ2n) is 4.97. The number of hydrogen-bond acceptors (Lipinski definition) is 2. The lowest BCUT2D eigenvalue weighted by molar-refractivity contribution is 0.102. The SMILES string of the molecule is COc1ccc(Cl)cc1NC(=O)c1cn(C)c2ccccc12. The third kappa shape index (κ3) is 2.53. The smallest absolute Gasteiger partial charge is 0.257 e. The predicted octanol–water partition coefficient (Wildman–Crippen LogP) is 4.09. The molecule has 0 unspecified atom stereocenters. The van der Waals surface area contributed by atoms with Crippen molar-refractivity contribution in [2.75, 3.05) is 12.4 Å². The van der Waals surface area contributed by atoms with Crippen molar-refractivity contribution in [1.82, 2.24) is 4.57 Å². The molecule has 0 spiro atoms. The van der Waals surface area contributed by atoms with Gasteiger partial charge >= 0.3 is 0 Å². The number of methoxy groups -OCH3 is 1. The van der Waals surface area contributed by atoms with Crippen LogP contribution in [0.2, 0.25) is 5.02 Å². The van der Waals surface area contributed by atoms with Gasteiger partial charge in [0.05, 0.1) is 18.4 Å². The summed E-state index contributed by atoms with van der Waals surface area (Å²) in [5.74, 6) is 0.371. The molecule has 0 aliphatic rings. The molecule has 1 N–H and O–H groups in total. The number of rotatable bonds is 3. The number of aryl methyl sites for hydroxylation is 1. The average Bonchev–Trinajstić information content (AvgIpc) is 2.85. The maximum Gasteiger partial charge on any atom is 0.257 e. The maximum absolute atomic E-state index is 12.6. The molecule has 1 aromatic heterocycles. The molecule has 1 amide bonds. The van der Waals surface area contributed by atoms with Gasteiger partial charge in [0.1, 0.15) is 5.75 Å². The molecule has 0 aliphatic carbocycles. The minimum atomic E-state index is -0.197. The van der Waals surface area contributed by atoms with Crippen molar-refractivity contribution in [3.8, 4) is 5.75 Å². The van der Waals surface area contributed by atoms with E-state index >= 15 is 0 Å². The van der Waals surface area contributed by atoms with E-state index in [1.165, 1.54) is 0 Å². The Bertz CT molecular complexity index is 855. The summed E-state index contributed by atoms with van der Waals surface area (Å²) in [4.78, 5) is 12.6. The van der Waals surface area contributed by atoms with Gasteiger partial charge in [-0.1, -0.05) is 29.8 Å². The fourth-order valence-electron chi connectivity index (χ4n) is 2.49.